The Morgan fingerprint density at radius 2 is 1.61 bits per heavy atom. The van der Waals surface area contributed by atoms with Gasteiger partial charge in [0.15, 0.2) is 0 Å². The molecule has 2 atom stereocenters. The van der Waals surface area contributed by atoms with E-state index in [2.05, 4.69) is 5.32 Å². The summed E-state index contributed by atoms with van der Waals surface area (Å²) in [6, 6.07) is 25.0. The number of hydrogen-bond acceptors (Lipinski definition) is 6. The fourth-order valence-electron chi connectivity index (χ4n) is 4.07. The van der Waals surface area contributed by atoms with Crippen molar-refractivity contribution in [3.05, 3.63) is 96.1 Å². The lowest BCUT2D eigenvalue weighted by atomic mass is 10.0. The number of rotatable bonds is 10. The second-order valence-corrected chi connectivity index (χ2v) is 9.55. The Balaban J connectivity index is 1.52. The van der Waals surface area contributed by atoms with Gasteiger partial charge in [-0.2, -0.15) is 0 Å². The molecule has 0 bridgehead atoms. The zero-order valence-corrected chi connectivity index (χ0v) is 20.5. The number of carboxylic acid groups (broad SMARTS) is 1. The molecule has 0 aromatic heterocycles. The molecule has 4 rings (SSSR count). The summed E-state index contributed by atoms with van der Waals surface area (Å²) in [6.45, 7) is -0.325. The second-order valence-electron chi connectivity index (χ2n) is 8.49. The number of anilines is 1. The summed E-state index contributed by atoms with van der Waals surface area (Å²) in [7, 11) is 0. The number of aliphatic carboxylic acids is 1. The van der Waals surface area contributed by atoms with E-state index in [1.165, 1.54) is 16.7 Å². The summed E-state index contributed by atoms with van der Waals surface area (Å²) in [5, 5.41) is 12.7. The van der Waals surface area contributed by atoms with E-state index in [4.69, 9.17) is 4.74 Å². The van der Waals surface area contributed by atoms with Gasteiger partial charge in [-0.15, -0.1) is 11.8 Å². The number of carbonyl (C=O) groups is 3. The predicted molar refractivity (Wildman–Crippen MR) is 139 cm³/mol. The van der Waals surface area contributed by atoms with Gasteiger partial charge >= 0.3 is 11.9 Å². The smallest absolute Gasteiger partial charge is 0.323 e. The number of esters is 1. The highest BCUT2D eigenvalue weighted by Gasteiger charge is 2.35. The van der Waals surface area contributed by atoms with Gasteiger partial charge in [0.05, 0.1) is 11.7 Å². The third-order valence-corrected chi connectivity index (χ3v) is 7.05. The van der Waals surface area contributed by atoms with E-state index in [1.807, 2.05) is 72.8 Å². The molecule has 1 amide bonds. The highest BCUT2D eigenvalue weighted by atomic mass is 32.2. The minimum absolute atomic E-state index is 0.132. The van der Waals surface area contributed by atoms with Gasteiger partial charge in [0.1, 0.15) is 19.2 Å². The largest absolute Gasteiger partial charge is 0.480 e. The second kappa shape index (κ2) is 12.4. The van der Waals surface area contributed by atoms with Crippen LogP contribution in [0.15, 0.2) is 89.8 Å². The quantitative estimate of drug-likeness (QED) is 0.404. The summed E-state index contributed by atoms with van der Waals surface area (Å²) in [6.07, 6.45) is 1.05. The summed E-state index contributed by atoms with van der Waals surface area (Å²) < 4.78 is 5.61. The van der Waals surface area contributed by atoms with Gasteiger partial charge in [-0.25, -0.2) is 0 Å². The number of thioether (sulfide) groups is 1. The summed E-state index contributed by atoms with van der Waals surface area (Å²) >= 11 is 1.46. The van der Waals surface area contributed by atoms with Crippen molar-refractivity contribution in [2.75, 3.05) is 17.2 Å². The first kappa shape index (κ1) is 25.5. The minimum atomic E-state index is -1.10. The molecule has 0 fully saturated rings. The van der Waals surface area contributed by atoms with Crippen LogP contribution in [0.25, 0.3) is 0 Å². The maximum atomic E-state index is 13.5. The molecule has 186 valence electrons. The maximum absolute atomic E-state index is 13.5. The number of nitrogens with zero attached hydrogens (tertiary/aromatic N) is 1. The van der Waals surface area contributed by atoms with E-state index in [9.17, 15) is 19.5 Å². The van der Waals surface area contributed by atoms with Crippen LogP contribution in [0.2, 0.25) is 0 Å². The SMILES string of the molecule is O=C(O)CN1C(=O)C(N[C@H](CCc2ccccc2)C(=O)OCc2ccccc2)CSc2ccccc21. The third-order valence-electron chi connectivity index (χ3n) is 5.89. The zero-order chi connectivity index (χ0) is 25.3. The van der Waals surface area contributed by atoms with Crippen molar-refractivity contribution in [3.63, 3.8) is 0 Å². The van der Waals surface area contributed by atoms with Crippen LogP contribution >= 0.6 is 11.8 Å². The molecule has 1 aliphatic heterocycles. The molecule has 7 nitrogen and oxygen atoms in total. The van der Waals surface area contributed by atoms with E-state index >= 15 is 0 Å². The minimum Gasteiger partial charge on any atom is -0.480 e. The van der Waals surface area contributed by atoms with Gasteiger partial charge < -0.3 is 9.84 Å². The molecule has 1 unspecified atom stereocenters. The first-order valence-corrected chi connectivity index (χ1v) is 12.8. The van der Waals surface area contributed by atoms with Crippen molar-refractivity contribution < 1.29 is 24.2 Å². The Hall–Kier alpha value is -3.62. The molecule has 0 saturated heterocycles. The first-order chi connectivity index (χ1) is 17.5. The summed E-state index contributed by atoms with van der Waals surface area (Å²) in [4.78, 5) is 40.3. The number of benzene rings is 3. The number of ether oxygens (including phenoxy) is 1. The van der Waals surface area contributed by atoms with Gasteiger partial charge in [-0.05, 0) is 36.1 Å². The monoisotopic (exact) mass is 504 g/mol. The zero-order valence-electron chi connectivity index (χ0n) is 19.7. The van der Waals surface area contributed by atoms with Gasteiger partial charge in [0.2, 0.25) is 5.91 Å². The molecule has 36 heavy (non-hydrogen) atoms. The van der Waals surface area contributed by atoms with Crippen LogP contribution in [-0.2, 0) is 32.1 Å². The number of para-hydroxylation sites is 1. The fourth-order valence-corrected chi connectivity index (χ4v) is 5.15. The van der Waals surface area contributed by atoms with Crippen molar-refractivity contribution >= 4 is 35.3 Å². The lowest BCUT2D eigenvalue weighted by Crippen LogP contribution is -2.54. The molecule has 8 heteroatoms. The predicted octanol–water partition coefficient (Wildman–Crippen LogP) is 3.91. The van der Waals surface area contributed by atoms with Crippen molar-refractivity contribution in [1.82, 2.24) is 5.32 Å². The van der Waals surface area contributed by atoms with Gasteiger partial charge in [0.25, 0.3) is 0 Å². The van der Waals surface area contributed by atoms with Gasteiger partial charge in [-0.3, -0.25) is 24.6 Å². The molecule has 2 N–H and O–H groups in total. The number of carboxylic acids is 1. The normalized spacial score (nSPS) is 16.1. The van der Waals surface area contributed by atoms with Crippen LogP contribution < -0.4 is 10.2 Å². The summed E-state index contributed by atoms with van der Waals surface area (Å²) in [5.74, 6) is -1.57. The Morgan fingerprint density at radius 1 is 0.972 bits per heavy atom. The Morgan fingerprint density at radius 3 is 2.31 bits per heavy atom. The molecular weight excluding hydrogens is 476 g/mol. The van der Waals surface area contributed by atoms with Gasteiger partial charge in [0, 0.05) is 10.6 Å². The number of carbonyl (C=O) groups excluding carboxylic acids is 2. The van der Waals surface area contributed by atoms with E-state index in [0.717, 1.165) is 16.0 Å². The number of nitrogens with one attached hydrogen (secondary N) is 1. The first-order valence-electron chi connectivity index (χ1n) is 11.8. The molecule has 3 aromatic rings. The van der Waals surface area contributed by atoms with E-state index in [1.54, 1.807) is 12.1 Å². The number of fused-ring (bicyclic) bond motifs is 1. The highest BCUT2D eigenvalue weighted by molar-refractivity contribution is 7.99. The average molecular weight is 505 g/mol. The van der Waals surface area contributed by atoms with E-state index < -0.39 is 30.6 Å². The molecule has 1 heterocycles. The number of amides is 1. The van der Waals surface area contributed by atoms with Crippen LogP contribution in [0.5, 0.6) is 0 Å². The van der Waals surface area contributed by atoms with Crippen LogP contribution in [-0.4, -0.2) is 47.3 Å². The van der Waals surface area contributed by atoms with Crippen molar-refractivity contribution in [2.24, 2.45) is 0 Å². The highest BCUT2D eigenvalue weighted by Crippen LogP contribution is 2.34. The summed E-state index contributed by atoms with van der Waals surface area (Å²) in [5.41, 5.74) is 2.50. The molecule has 3 aromatic carbocycles. The molecule has 0 saturated carbocycles. The van der Waals surface area contributed by atoms with Crippen LogP contribution in [0.4, 0.5) is 5.69 Å². The maximum Gasteiger partial charge on any atom is 0.323 e. The Bertz CT molecular complexity index is 1190. The number of hydrogen-bond donors (Lipinski definition) is 2. The van der Waals surface area contributed by atoms with Crippen LogP contribution in [0.1, 0.15) is 17.5 Å². The number of aryl methyl sites for hydroxylation is 1. The van der Waals surface area contributed by atoms with Crippen LogP contribution in [0.3, 0.4) is 0 Å². The lowest BCUT2D eigenvalue weighted by Gasteiger charge is -2.27. The average Bonchev–Trinajstić information content (AvgIpc) is 3.02. The Kier molecular flexibility index (Phi) is 8.76. The molecule has 0 spiro atoms. The van der Waals surface area contributed by atoms with Crippen LogP contribution in [0, 0.1) is 0 Å². The van der Waals surface area contributed by atoms with Gasteiger partial charge in [-0.1, -0.05) is 72.8 Å². The molecule has 0 aliphatic carbocycles. The van der Waals surface area contributed by atoms with Crippen molar-refractivity contribution in [2.45, 2.75) is 36.4 Å². The fraction of sp³-hybridized carbons (Fsp3) is 0.250. The third kappa shape index (κ3) is 6.74. The lowest BCUT2D eigenvalue weighted by molar-refractivity contribution is -0.148. The van der Waals surface area contributed by atoms with E-state index in [0.29, 0.717) is 24.3 Å². The van der Waals surface area contributed by atoms with E-state index in [-0.39, 0.29) is 12.5 Å². The topological polar surface area (TPSA) is 95.9 Å². The standard InChI is InChI=1S/C28H28N2O5S/c31-26(32)17-30-24-13-7-8-14-25(24)36-19-23(27(30)33)29-22(16-15-20-9-3-1-4-10-20)28(34)35-18-21-11-5-2-6-12-21/h1-14,22-23,29H,15-19H2,(H,31,32)/t22-,23?/m1/s1. The van der Waals surface area contributed by atoms with Crippen molar-refractivity contribution in [1.29, 1.82) is 0 Å². The van der Waals surface area contributed by atoms with Crippen molar-refractivity contribution in [3.8, 4) is 0 Å². The molecule has 1 aliphatic rings. The molecular formula is C28H28N2O5S. The molecule has 0 radical (unpaired) electrons. The Labute approximate surface area is 214 Å².